The largest absolute Gasteiger partial charge is 0.261 e. The molecule has 0 amide bonds. The number of hydrogen-bond donors (Lipinski definition) is 0. The van der Waals surface area contributed by atoms with E-state index in [1.807, 2.05) is 45.2 Å². The maximum absolute atomic E-state index is 12.9. The number of aryl methyl sites for hydroxylation is 4. The third kappa shape index (κ3) is 16.5. The van der Waals surface area contributed by atoms with E-state index in [1.54, 1.807) is 18.2 Å². The van der Waals surface area contributed by atoms with Gasteiger partial charge in [-0.05, 0) is 139 Å². The van der Waals surface area contributed by atoms with E-state index in [2.05, 4.69) is 123 Å². The summed E-state index contributed by atoms with van der Waals surface area (Å²) >= 11 is 0. The van der Waals surface area contributed by atoms with Gasteiger partial charge in [0.1, 0.15) is 11.6 Å². The van der Waals surface area contributed by atoms with Crippen molar-refractivity contribution in [3.8, 4) is 0 Å². The first-order valence-corrected chi connectivity index (χ1v) is 18.9. The normalized spacial score (nSPS) is 10.5. The molecule has 5 rings (SSSR count). The maximum atomic E-state index is 12.9. The van der Waals surface area contributed by atoms with Crippen LogP contribution in [0.2, 0.25) is 0 Å². The van der Waals surface area contributed by atoms with Crippen LogP contribution < -0.4 is 0 Å². The highest BCUT2D eigenvalue weighted by Crippen LogP contribution is 2.22. The molecular weight excluding hydrogens is 662 g/mol. The lowest BCUT2D eigenvalue weighted by molar-refractivity contribution is 0.576. The molecule has 0 spiro atoms. The van der Waals surface area contributed by atoms with Crippen LogP contribution in [0, 0.1) is 52.2 Å². The van der Waals surface area contributed by atoms with E-state index in [1.165, 1.54) is 40.5 Å². The first kappa shape index (κ1) is 46.8. The van der Waals surface area contributed by atoms with Crippen LogP contribution in [-0.2, 0) is 0 Å². The number of pyridine rings is 2. The van der Waals surface area contributed by atoms with Gasteiger partial charge in [0.2, 0.25) is 5.95 Å². The molecule has 0 aliphatic heterocycles. The molecule has 288 valence electrons. The Balaban J connectivity index is 0.000000331. The van der Waals surface area contributed by atoms with Crippen molar-refractivity contribution in [3.63, 3.8) is 0 Å². The van der Waals surface area contributed by atoms with Crippen LogP contribution >= 0.6 is 0 Å². The SMILES string of the molecule is Cc1c(F)cccc1C(C)C.Cc1cc(F)ccc1C(C)C.Cc1ccccc1C(C)C.Cc1nc(F)ccc1C(C)C.Cc1ncccc1C(C)C. The average molecular weight is 727 g/mol. The van der Waals surface area contributed by atoms with Gasteiger partial charge < -0.3 is 0 Å². The zero-order valence-electron chi connectivity index (χ0n) is 35.1. The average Bonchev–Trinajstić information content (AvgIpc) is 3.07. The Morgan fingerprint density at radius 1 is 0.434 bits per heavy atom. The second-order valence-corrected chi connectivity index (χ2v) is 15.1. The van der Waals surface area contributed by atoms with Gasteiger partial charge in [0.25, 0.3) is 0 Å². The van der Waals surface area contributed by atoms with Crippen molar-refractivity contribution in [2.45, 2.75) is 133 Å². The fourth-order valence-corrected chi connectivity index (χ4v) is 6.03. The van der Waals surface area contributed by atoms with E-state index < -0.39 is 5.95 Å². The molecule has 0 radical (unpaired) electrons. The van der Waals surface area contributed by atoms with Crippen molar-refractivity contribution in [2.24, 2.45) is 0 Å². The molecule has 3 aromatic carbocycles. The lowest BCUT2D eigenvalue weighted by Gasteiger charge is -2.08. The Labute approximate surface area is 320 Å². The molecule has 2 heterocycles. The van der Waals surface area contributed by atoms with Crippen molar-refractivity contribution in [1.29, 1.82) is 0 Å². The van der Waals surface area contributed by atoms with E-state index in [-0.39, 0.29) is 11.6 Å². The van der Waals surface area contributed by atoms with Crippen LogP contribution in [0.4, 0.5) is 13.2 Å². The van der Waals surface area contributed by atoms with Gasteiger partial charge in [-0.2, -0.15) is 4.39 Å². The van der Waals surface area contributed by atoms with Crippen LogP contribution in [0.25, 0.3) is 0 Å². The Morgan fingerprint density at radius 3 is 1.34 bits per heavy atom. The summed E-state index contributed by atoms with van der Waals surface area (Å²) in [5, 5.41) is 0. The van der Waals surface area contributed by atoms with Gasteiger partial charge in [0.15, 0.2) is 0 Å². The quantitative estimate of drug-likeness (QED) is 0.169. The van der Waals surface area contributed by atoms with Crippen molar-refractivity contribution >= 4 is 0 Å². The second-order valence-electron chi connectivity index (χ2n) is 15.1. The van der Waals surface area contributed by atoms with Gasteiger partial charge in [-0.1, -0.05) is 124 Å². The zero-order chi connectivity index (χ0) is 40.4. The van der Waals surface area contributed by atoms with Gasteiger partial charge in [-0.15, -0.1) is 0 Å². The van der Waals surface area contributed by atoms with Crippen LogP contribution in [0.3, 0.4) is 0 Å². The minimum atomic E-state index is -0.396. The van der Waals surface area contributed by atoms with E-state index in [0.717, 1.165) is 33.6 Å². The van der Waals surface area contributed by atoms with Gasteiger partial charge in [-0.3, -0.25) is 4.98 Å². The van der Waals surface area contributed by atoms with Crippen molar-refractivity contribution < 1.29 is 13.2 Å². The highest BCUT2D eigenvalue weighted by Gasteiger charge is 2.07. The molecule has 5 heteroatoms. The number of benzene rings is 3. The molecule has 2 nitrogen and oxygen atoms in total. The molecule has 5 aromatic rings. The topological polar surface area (TPSA) is 25.8 Å². The number of rotatable bonds is 5. The summed E-state index contributed by atoms with van der Waals surface area (Å²) in [5.41, 5.74) is 11.4. The van der Waals surface area contributed by atoms with E-state index in [9.17, 15) is 13.2 Å². The summed E-state index contributed by atoms with van der Waals surface area (Å²) < 4.78 is 38.1. The maximum Gasteiger partial charge on any atom is 0.213 e. The van der Waals surface area contributed by atoms with Crippen molar-refractivity contribution in [1.82, 2.24) is 9.97 Å². The van der Waals surface area contributed by atoms with E-state index in [4.69, 9.17) is 0 Å². The number of nitrogens with zero attached hydrogens (tertiary/aromatic N) is 2. The van der Waals surface area contributed by atoms with Gasteiger partial charge in [0.05, 0.1) is 0 Å². The number of halogens is 3. The molecule has 0 N–H and O–H groups in total. The summed E-state index contributed by atoms with van der Waals surface area (Å²) in [4.78, 5) is 7.93. The molecule has 0 saturated carbocycles. The summed E-state index contributed by atoms with van der Waals surface area (Å²) in [6.07, 6.45) is 1.83. The van der Waals surface area contributed by atoms with Gasteiger partial charge in [0, 0.05) is 17.6 Å². The summed E-state index contributed by atoms with van der Waals surface area (Å²) in [6.45, 7) is 31.1. The molecule has 0 atom stereocenters. The molecule has 0 saturated heterocycles. The molecule has 53 heavy (non-hydrogen) atoms. The lowest BCUT2D eigenvalue weighted by atomic mass is 9.98. The number of hydrogen-bond acceptors (Lipinski definition) is 2. The smallest absolute Gasteiger partial charge is 0.213 e. The number of aromatic nitrogens is 2. The standard InChI is InChI=1S/2C10H13F.C10H14.C9H12FN.C9H13N/c1-7(2)10-5-4-9(11)6-8(10)3;1-7(2)9-5-4-6-10(11)8(9)3;1-8(2)10-7-5-4-6-9(10)3;1-6(2)8-4-5-9(10)11-7(8)3;1-7(2)9-5-4-6-10-8(9)3/h2*4-7H,1-3H3;4-8H,1-3H3;4-6H,1-3H3;4-7H,1-3H3. The molecule has 0 bridgehead atoms. The minimum Gasteiger partial charge on any atom is -0.261 e. The molecule has 2 aromatic heterocycles. The minimum absolute atomic E-state index is 0.101. The molecular formula is C48H65F3N2. The third-order valence-corrected chi connectivity index (χ3v) is 8.98. The summed E-state index contributed by atoms with van der Waals surface area (Å²) in [5.74, 6) is 1.91. The Kier molecular flexibility index (Phi) is 20.7. The van der Waals surface area contributed by atoms with E-state index >= 15 is 0 Å². The fourth-order valence-electron chi connectivity index (χ4n) is 6.03. The highest BCUT2D eigenvalue weighted by atomic mass is 19.1. The van der Waals surface area contributed by atoms with Crippen LogP contribution in [0.5, 0.6) is 0 Å². The second kappa shape index (κ2) is 23.4. The highest BCUT2D eigenvalue weighted by molar-refractivity contribution is 5.30. The van der Waals surface area contributed by atoms with Crippen molar-refractivity contribution in [3.05, 3.63) is 165 Å². The van der Waals surface area contributed by atoms with Crippen LogP contribution in [0.15, 0.2) is 91.1 Å². The Hall–Kier alpha value is -4.25. The molecule has 0 aliphatic rings. The van der Waals surface area contributed by atoms with E-state index in [0.29, 0.717) is 29.6 Å². The molecule has 0 aliphatic carbocycles. The molecule has 0 unspecified atom stereocenters. The summed E-state index contributed by atoms with van der Waals surface area (Å²) in [7, 11) is 0. The summed E-state index contributed by atoms with van der Waals surface area (Å²) in [6, 6.07) is 26.0. The van der Waals surface area contributed by atoms with Gasteiger partial charge in [-0.25, -0.2) is 13.8 Å². The zero-order valence-corrected chi connectivity index (χ0v) is 35.1. The fraction of sp³-hybridized carbons (Fsp3) is 0.417. The van der Waals surface area contributed by atoms with Gasteiger partial charge >= 0.3 is 0 Å². The first-order chi connectivity index (χ1) is 24.8. The van der Waals surface area contributed by atoms with Crippen LogP contribution in [-0.4, -0.2) is 9.97 Å². The Morgan fingerprint density at radius 2 is 0.906 bits per heavy atom. The Bertz CT molecular complexity index is 1700. The van der Waals surface area contributed by atoms with Crippen molar-refractivity contribution in [2.75, 3.05) is 0 Å². The molecule has 0 fully saturated rings. The predicted octanol–water partition coefficient (Wildman–Crippen LogP) is 14.8. The first-order valence-electron chi connectivity index (χ1n) is 18.9. The lowest BCUT2D eigenvalue weighted by Crippen LogP contribution is -1.96. The monoisotopic (exact) mass is 727 g/mol. The predicted molar refractivity (Wildman–Crippen MR) is 222 cm³/mol. The third-order valence-electron chi connectivity index (χ3n) is 8.98. The van der Waals surface area contributed by atoms with Crippen LogP contribution in [0.1, 0.15) is 155 Å².